The summed E-state index contributed by atoms with van der Waals surface area (Å²) in [6.07, 6.45) is 4.38. The lowest BCUT2D eigenvalue weighted by molar-refractivity contribution is -0.123. The van der Waals surface area contributed by atoms with Crippen molar-refractivity contribution < 1.29 is 9.90 Å². The van der Waals surface area contributed by atoms with Crippen LogP contribution in [0.25, 0.3) is 0 Å². The fraction of sp³-hybridized carbons (Fsp3) is 0.562. The van der Waals surface area contributed by atoms with Crippen molar-refractivity contribution in [3.05, 3.63) is 34.9 Å². The van der Waals surface area contributed by atoms with Crippen LogP contribution in [0.3, 0.4) is 0 Å². The summed E-state index contributed by atoms with van der Waals surface area (Å²) in [6, 6.07) is 7.57. The number of carbonyl (C=O) groups is 1. The van der Waals surface area contributed by atoms with Crippen LogP contribution < -0.4 is 5.32 Å². The van der Waals surface area contributed by atoms with Crippen LogP contribution in [0.1, 0.15) is 31.2 Å². The predicted octanol–water partition coefficient (Wildman–Crippen LogP) is 2.19. The van der Waals surface area contributed by atoms with Crippen LogP contribution in [0.15, 0.2) is 24.3 Å². The molecule has 0 aromatic heterocycles. The lowest BCUT2D eigenvalue weighted by Crippen LogP contribution is -2.44. The van der Waals surface area contributed by atoms with Gasteiger partial charge in [-0.3, -0.25) is 9.69 Å². The highest BCUT2D eigenvalue weighted by atomic mass is 35.5. The van der Waals surface area contributed by atoms with E-state index in [9.17, 15) is 9.90 Å². The summed E-state index contributed by atoms with van der Waals surface area (Å²) in [5.74, 6) is 0.00491. The largest absolute Gasteiger partial charge is 0.395 e. The first-order valence-corrected chi connectivity index (χ1v) is 7.93. The summed E-state index contributed by atoms with van der Waals surface area (Å²) in [7, 11) is 0. The first-order valence-electron chi connectivity index (χ1n) is 7.55. The minimum Gasteiger partial charge on any atom is -0.395 e. The molecule has 5 heteroatoms. The Balaban J connectivity index is 1.81. The number of aliphatic hydroxyl groups excluding tert-OH is 1. The van der Waals surface area contributed by atoms with E-state index in [1.54, 1.807) is 0 Å². The van der Waals surface area contributed by atoms with E-state index in [1.807, 2.05) is 24.3 Å². The molecule has 1 aromatic rings. The summed E-state index contributed by atoms with van der Waals surface area (Å²) >= 11 is 5.83. The van der Waals surface area contributed by atoms with Crippen LogP contribution in [-0.4, -0.2) is 41.7 Å². The van der Waals surface area contributed by atoms with Gasteiger partial charge in [-0.05, 0) is 37.1 Å². The number of hydrogen-bond donors (Lipinski definition) is 2. The number of halogens is 1. The molecular formula is C16H23ClN2O2. The maximum Gasteiger partial charge on any atom is 0.234 e. The standard InChI is InChI=1S/C16H23ClN2O2/c17-14-7-5-13(6-8-14)10-18-16(21)11-19-9-3-1-2-4-15(19)12-20/h5-8,15,20H,1-4,9-12H2,(H,18,21). The predicted molar refractivity (Wildman–Crippen MR) is 84.2 cm³/mol. The Hall–Kier alpha value is -1.10. The van der Waals surface area contributed by atoms with Crippen molar-refractivity contribution in [3.8, 4) is 0 Å². The second kappa shape index (κ2) is 8.37. The molecule has 0 aliphatic carbocycles. The zero-order chi connectivity index (χ0) is 15.1. The minimum absolute atomic E-state index is 0.00491. The molecule has 0 spiro atoms. The van der Waals surface area contributed by atoms with E-state index in [2.05, 4.69) is 10.2 Å². The van der Waals surface area contributed by atoms with Crippen molar-refractivity contribution in [3.63, 3.8) is 0 Å². The molecule has 1 aliphatic rings. The van der Waals surface area contributed by atoms with E-state index in [0.717, 1.165) is 31.4 Å². The van der Waals surface area contributed by atoms with Crippen molar-refractivity contribution in [1.29, 1.82) is 0 Å². The Labute approximate surface area is 131 Å². The molecule has 21 heavy (non-hydrogen) atoms. The van der Waals surface area contributed by atoms with E-state index in [1.165, 1.54) is 6.42 Å². The van der Waals surface area contributed by atoms with Crippen LogP contribution in [-0.2, 0) is 11.3 Å². The second-order valence-corrected chi connectivity index (χ2v) is 6.00. The van der Waals surface area contributed by atoms with Gasteiger partial charge in [0.25, 0.3) is 0 Å². The van der Waals surface area contributed by atoms with Gasteiger partial charge in [0.15, 0.2) is 0 Å². The van der Waals surface area contributed by atoms with Gasteiger partial charge in [-0.25, -0.2) is 0 Å². The van der Waals surface area contributed by atoms with Gasteiger partial charge >= 0.3 is 0 Å². The fourth-order valence-corrected chi connectivity index (χ4v) is 2.82. The van der Waals surface area contributed by atoms with Crippen LogP contribution in [0, 0.1) is 0 Å². The summed E-state index contributed by atoms with van der Waals surface area (Å²) in [5, 5.41) is 13.1. The topological polar surface area (TPSA) is 52.6 Å². The zero-order valence-corrected chi connectivity index (χ0v) is 13.0. The molecule has 1 saturated heterocycles. The number of nitrogens with zero attached hydrogens (tertiary/aromatic N) is 1. The van der Waals surface area contributed by atoms with Gasteiger partial charge in [0.2, 0.25) is 5.91 Å². The minimum atomic E-state index is 0.00491. The normalized spacial score (nSPS) is 20.0. The highest BCUT2D eigenvalue weighted by Crippen LogP contribution is 2.16. The van der Waals surface area contributed by atoms with Crippen molar-refractivity contribution in [2.75, 3.05) is 19.7 Å². The van der Waals surface area contributed by atoms with E-state index < -0.39 is 0 Å². The van der Waals surface area contributed by atoms with Gasteiger partial charge < -0.3 is 10.4 Å². The number of amides is 1. The first-order chi connectivity index (χ1) is 10.2. The lowest BCUT2D eigenvalue weighted by Gasteiger charge is -2.27. The molecule has 1 amide bonds. The average Bonchev–Trinajstić information content (AvgIpc) is 2.71. The monoisotopic (exact) mass is 310 g/mol. The Kier molecular flexibility index (Phi) is 6.49. The average molecular weight is 311 g/mol. The van der Waals surface area contributed by atoms with E-state index in [0.29, 0.717) is 18.1 Å². The van der Waals surface area contributed by atoms with E-state index in [4.69, 9.17) is 11.6 Å². The molecule has 2 N–H and O–H groups in total. The molecule has 1 unspecified atom stereocenters. The summed E-state index contributed by atoms with van der Waals surface area (Å²) in [4.78, 5) is 14.2. The quantitative estimate of drug-likeness (QED) is 0.876. The molecule has 1 fully saturated rings. The highest BCUT2D eigenvalue weighted by molar-refractivity contribution is 6.30. The molecule has 1 atom stereocenters. The molecule has 1 aromatic carbocycles. The Morgan fingerprint density at radius 2 is 2.05 bits per heavy atom. The third kappa shape index (κ3) is 5.30. The molecule has 1 aliphatic heterocycles. The van der Waals surface area contributed by atoms with Crippen LogP contribution >= 0.6 is 11.6 Å². The molecule has 0 saturated carbocycles. The van der Waals surface area contributed by atoms with Crippen LogP contribution in [0.5, 0.6) is 0 Å². The lowest BCUT2D eigenvalue weighted by atomic mass is 10.1. The van der Waals surface area contributed by atoms with E-state index in [-0.39, 0.29) is 18.6 Å². The van der Waals surface area contributed by atoms with Gasteiger partial charge in [-0.2, -0.15) is 0 Å². The van der Waals surface area contributed by atoms with Crippen LogP contribution in [0.4, 0.5) is 0 Å². The molecule has 2 rings (SSSR count). The highest BCUT2D eigenvalue weighted by Gasteiger charge is 2.22. The van der Waals surface area contributed by atoms with Crippen molar-refractivity contribution >= 4 is 17.5 Å². The molecule has 116 valence electrons. The molecule has 4 nitrogen and oxygen atoms in total. The third-order valence-electron chi connectivity index (χ3n) is 3.96. The van der Waals surface area contributed by atoms with E-state index >= 15 is 0 Å². The Bertz CT molecular complexity index is 450. The van der Waals surface area contributed by atoms with Gasteiger partial charge in [-0.15, -0.1) is 0 Å². The Morgan fingerprint density at radius 1 is 1.29 bits per heavy atom. The number of hydrogen-bond acceptors (Lipinski definition) is 3. The summed E-state index contributed by atoms with van der Waals surface area (Å²) in [6.45, 7) is 1.89. The maximum absolute atomic E-state index is 12.1. The first kappa shape index (κ1) is 16.3. The fourth-order valence-electron chi connectivity index (χ4n) is 2.69. The van der Waals surface area contributed by atoms with Crippen LogP contribution in [0.2, 0.25) is 5.02 Å². The Morgan fingerprint density at radius 3 is 2.76 bits per heavy atom. The molecular weight excluding hydrogens is 288 g/mol. The summed E-state index contributed by atoms with van der Waals surface area (Å²) in [5.41, 5.74) is 1.03. The summed E-state index contributed by atoms with van der Waals surface area (Å²) < 4.78 is 0. The second-order valence-electron chi connectivity index (χ2n) is 5.56. The number of likely N-dealkylation sites (tertiary alicyclic amines) is 1. The molecule has 0 radical (unpaired) electrons. The van der Waals surface area contributed by atoms with Crippen molar-refractivity contribution in [2.45, 2.75) is 38.3 Å². The number of carbonyl (C=O) groups excluding carboxylic acids is 1. The SMILES string of the molecule is O=C(CN1CCCCCC1CO)NCc1ccc(Cl)cc1. The van der Waals surface area contributed by atoms with Gasteiger partial charge in [0.05, 0.1) is 13.2 Å². The number of nitrogens with one attached hydrogen (secondary N) is 1. The number of aliphatic hydroxyl groups is 1. The van der Waals surface area contributed by atoms with Crippen molar-refractivity contribution in [1.82, 2.24) is 10.2 Å². The van der Waals surface area contributed by atoms with Crippen molar-refractivity contribution in [2.24, 2.45) is 0 Å². The van der Waals surface area contributed by atoms with Gasteiger partial charge in [-0.1, -0.05) is 36.6 Å². The number of rotatable bonds is 5. The maximum atomic E-state index is 12.1. The smallest absolute Gasteiger partial charge is 0.234 e. The molecule has 0 bridgehead atoms. The molecule has 1 heterocycles. The van der Waals surface area contributed by atoms with Gasteiger partial charge in [0.1, 0.15) is 0 Å². The third-order valence-corrected chi connectivity index (χ3v) is 4.21. The van der Waals surface area contributed by atoms with Gasteiger partial charge in [0, 0.05) is 17.6 Å². The zero-order valence-electron chi connectivity index (χ0n) is 12.2. The number of benzene rings is 1.